The van der Waals surface area contributed by atoms with Crippen molar-refractivity contribution < 1.29 is 9.53 Å². The van der Waals surface area contributed by atoms with Gasteiger partial charge in [0.2, 0.25) is 5.91 Å². The Hall–Kier alpha value is -3.27. The molecule has 0 spiro atoms. The van der Waals surface area contributed by atoms with Crippen molar-refractivity contribution in [3.63, 3.8) is 0 Å². The van der Waals surface area contributed by atoms with Gasteiger partial charge in [0.15, 0.2) is 0 Å². The second-order valence-corrected chi connectivity index (χ2v) is 7.40. The van der Waals surface area contributed by atoms with Crippen LogP contribution in [0.4, 0.5) is 5.69 Å². The Kier molecular flexibility index (Phi) is 5.52. The van der Waals surface area contributed by atoms with Crippen molar-refractivity contribution in [2.75, 3.05) is 38.2 Å². The Labute approximate surface area is 172 Å². The summed E-state index contributed by atoms with van der Waals surface area (Å²) < 4.78 is 5.27. The lowest BCUT2D eigenvalue weighted by Crippen LogP contribution is -2.48. The Morgan fingerprint density at radius 2 is 1.66 bits per heavy atom. The number of fused-ring (bicyclic) bond motifs is 1. The van der Waals surface area contributed by atoms with Crippen LogP contribution in [0.2, 0.25) is 0 Å². The van der Waals surface area contributed by atoms with Crippen molar-refractivity contribution in [1.82, 2.24) is 4.90 Å². The molecule has 0 atom stereocenters. The molecule has 0 aromatic heterocycles. The quantitative estimate of drug-likeness (QED) is 0.618. The number of anilines is 1. The third-order valence-electron chi connectivity index (χ3n) is 5.54. The van der Waals surface area contributed by atoms with Gasteiger partial charge in [-0.15, -0.1) is 0 Å². The molecule has 4 nitrogen and oxygen atoms in total. The Bertz CT molecular complexity index is 1050. The van der Waals surface area contributed by atoms with E-state index in [-0.39, 0.29) is 5.91 Å². The topological polar surface area (TPSA) is 32.8 Å². The number of amides is 1. The van der Waals surface area contributed by atoms with Crippen LogP contribution in [0.25, 0.3) is 16.8 Å². The van der Waals surface area contributed by atoms with E-state index in [2.05, 4.69) is 48.2 Å². The highest BCUT2D eigenvalue weighted by molar-refractivity contribution is 5.93. The van der Waals surface area contributed by atoms with E-state index in [9.17, 15) is 4.79 Å². The molecule has 0 unspecified atom stereocenters. The predicted molar refractivity (Wildman–Crippen MR) is 120 cm³/mol. The van der Waals surface area contributed by atoms with E-state index >= 15 is 0 Å². The van der Waals surface area contributed by atoms with Crippen molar-refractivity contribution in [3.05, 3.63) is 77.9 Å². The zero-order valence-electron chi connectivity index (χ0n) is 17.0. The second-order valence-electron chi connectivity index (χ2n) is 7.40. The number of methoxy groups -OCH3 is 1. The molecule has 0 aliphatic carbocycles. The van der Waals surface area contributed by atoms with Crippen molar-refractivity contribution in [1.29, 1.82) is 0 Å². The van der Waals surface area contributed by atoms with E-state index in [0.29, 0.717) is 0 Å². The minimum atomic E-state index is 0.0734. The van der Waals surface area contributed by atoms with E-state index in [4.69, 9.17) is 4.74 Å². The van der Waals surface area contributed by atoms with Gasteiger partial charge >= 0.3 is 0 Å². The molecule has 4 rings (SSSR count). The first-order valence-electron chi connectivity index (χ1n) is 9.99. The van der Waals surface area contributed by atoms with Crippen molar-refractivity contribution in [2.24, 2.45) is 0 Å². The molecule has 0 N–H and O–H groups in total. The average molecular weight is 386 g/mol. The van der Waals surface area contributed by atoms with E-state index in [0.717, 1.165) is 48.3 Å². The molecule has 0 bridgehead atoms. The zero-order valence-corrected chi connectivity index (χ0v) is 17.0. The van der Waals surface area contributed by atoms with Gasteiger partial charge in [-0.25, -0.2) is 0 Å². The van der Waals surface area contributed by atoms with E-state index < -0.39 is 0 Å². The molecule has 0 radical (unpaired) electrons. The van der Waals surface area contributed by atoms with Crippen LogP contribution in [-0.2, 0) is 4.79 Å². The van der Waals surface area contributed by atoms with Gasteiger partial charge in [0.25, 0.3) is 0 Å². The Morgan fingerprint density at radius 3 is 2.41 bits per heavy atom. The summed E-state index contributed by atoms with van der Waals surface area (Å²) in [7, 11) is 1.67. The molecular weight excluding hydrogens is 360 g/mol. The smallest absolute Gasteiger partial charge is 0.246 e. The molecular formula is C25H26N2O2. The number of nitrogens with zero attached hydrogens (tertiary/aromatic N) is 2. The number of rotatable bonds is 4. The molecule has 1 heterocycles. The van der Waals surface area contributed by atoms with Crippen LogP contribution >= 0.6 is 0 Å². The van der Waals surface area contributed by atoms with Crippen LogP contribution in [0.3, 0.4) is 0 Å². The molecule has 1 fully saturated rings. The number of para-hydroxylation sites is 1. The van der Waals surface area contributed by atoms with Crippen molar-refractivity contribution >= 4 is 28.4 Å². The minimum Gasteiger partial charge on any atom is -0.497 e. The summed E-state index contributed by atoms with van der Waals surface area (Å²) >= 11 is 0. The number of carbonyl (C=O) groups excluding carboxylic acids is 1. The molecule has 1 amide bonds. The first-order valence-corrected chi connectivity index (χ1v) is 9.99. The van der Waals surface area contributed by atoms with Gasteiger partial charge < -0.3 is 14.5 Å². The fourth-order valence-corrected chi connectivity index (χ4v) is 3.83. The average Bonchev–Trinajstić information content (AvgIpc) is 2.77. The van der Waals surface area contributed by atoms with Gasteiger partial charge in [-0.1, -0.05) is 36.4 Å². The second kappa shape index (κ2) is 8.39. The van der Waals surface area contributed by atoms with Crippen molar-refractivity contribution in [2.45, 2.75) is 6.92 Å². The Balaban J connectivity index is 1.39. The van der Waals surface area contributed by atoms with E-state index in [1.54, 1.807) is 13.2 Å². The molecule has 0 saturated carbocycles. The third-order valence-corrected chi connectivity index (χ3v) is 5.54. The molecule has 1 aliphatic heterocycles. The molecule has 1 aliphatic rings. The highest BCUT2D eigenvalue weighted by Crippen LogP contribution is 2.23. The summed E-state index contributed by atoms with van der Waals surface area (Å²) in [4.78, 5) is 16.9. The number of ether oxygens (including phenoxy) is 1. The van der Waals surface area contributed by atoms with Gasteiger partial charge in [0.1, 0.15) is 5.75 Å². The van der Waals surface area contributed by atoms with Crippen LogP contribution in [0.5, 0.6) is 5.75 Å². The highest BCUT2D eigenvalue weighted by Gasteiger charge is 2.20. The van der Waals surface area contributed by atoms with Gasteiger partial charge in [-0.2, -0.15) is 0 Å². The van der Waals surface area contributed by atoms with E-state index in [1.165, 1.54) is 11.3 Å². The maximum atomic E-state index is 12.6. The molecule has 148 valence electrons. The standard InChI is InChI=1S/C25H26N2O2/c1-19-5-3-4-6-24(19)26-13-15-27(16-14-26)25(28)12-8-20-7-9-22-18-23(29-2)11-10-21(22)17-20/h3-12,17-18H,13-16H2,1-2H3/b12-8+. The largest absolute Gasteiger partial charge is 0.497 e. The molecule has 1 saturated heterocycles. The molecule has 29 heavy (non-hydrogen) atoms. The summed E-state index contributed by atoms with van der Waals surface area (Å²) in [5, 5.41) is 2.26. The lowest BCUT2D eigenvalue weighted by atomic mass is 10.1. The summed E-state index contributed by atoms with van der Waals surface area (Å²) in [5.74, 6) is 0.921. The number of benzene rings is 3. The van der Waals surface area contributed by atoms with Crippen molar-refractivity contribution in [3.8, 4) is 5.75 Å². The molecule has 4 heteroatoms. The normalized spacial score (nSPS) is 14.6. The van der Waals surface area contributed by atoms with E-state index in [1.807, 2.05) is 35.2 Å². The number of hydrogen-bond donors (Lipinski definition) is 0. The SMILES string of the molecule is COc1ccc2cc(/C=C/C(=O)N3CCN(c4ccccc4C)CC3)ccc2c1. The first kappa shape index (κ1) is 19.1. The summed E-state index contributed by atoms with van der Waals surface area (Å²) in [6.45, 7) is 5.35. The Morgan fingerprint density at radius 1 is 0.931 bits per heavy atom. The molecule has 3 aromatic rings. The van der Waals surface area contributed by atoms with Gasteiger partial charge in [0.05, 0.1) is 7.11 Å². The molecule has 3 aromatic carbocycles. The lowest BCUT2D eigenvalue weighted by Gasteiger charge is -2.36. The van der Waals surface area contributed by atoms with Crippen LogP contribution in [-0.4, -0.2) is 44.1 Å². The maximum Gasteiger partial charge on any atom is 0.246 e. The van der Waals surface area contributed by atoms with Gasteiger partial charge in [0, 0.05) is 37.9 Å². The maximum absolute atomic E-state index is 12.6. The number of hydrogen-bond acceptors (Lipinski definition) is 3. The lowest BCUT2D eigenvalue weighted by molar-refractivity contribution is -0.126. The highest BCUT2D eigenvalue weighted by atomic mass is 16.5. The van der Waals surface area contributed by atoms with Crippen LogP contribution in [0.15, 0.2) is 66.7 Å². The number of aryl methyl sites for hydroxylation is 1. The van der Waals surface area contributed by atoms with Crippen LogP contribution < -0.4 is 9.64 Å². The van der Waals surface area contributed by atoms with Gasteiger partial charge in [-0.3, -0.25) is 4.79 Å². The fraction of sp³-hybridized carbons (Fsp3) is 0.240. The zero-order chi connectivity index (χ0) is 20.2. The fourth-order valence-electron chi connectivity index (χ4n) is 3.83. The predicted octanol–water partition coefficient (Wildman–Crippen LogP) is 4.52. The number of carbonyl (C=O) groups is 1. The monoisotopic (exact) mass is 386 g/mol. The summed E-state index contributed by atoms with van der Waals surface area (Å²) in [5.41, 5.74) is 3.57. The van der Waals surface area contributed by atoms with Crippen LogP contribution in [0.1, 0.15) is 11.1 Å². The number of piperazine rings is 1. The summed E-state index contributed by atoms with van der Waals surface area (Å²) in [6.07, 6.45) is 3.59. The first-order chi connectivity index (χ1) is 14.1. The van der Waals surface area contributed by atoms with Crippen LogP contribution in [0, 0.1) is 6.92 Å². The van der Waals surface area contributed by atoms with Gasteiger partial charge in [-0.05, 0) is 59.2 Å². The summed E-state index contributed by atoms with van der Waals surface area (Å²) in [6, 6.07) is 20.6. The third kappa shape index (κ3) is 4.27. The minimum absolute atomic E-state index is 0.0734.